The number of halogens is 1. The van der Waals surface area contributed by atoms with Gasteiger partial charge in [-0.25, -0.2) is 9.37 Å². The Kier molecular flexibility index (Phi) is 3.46. The summed E-state index contributed by atoms with van der Waals surface area (Å²) >= 11 is 1.33. The lowest BCUT2D eigenvalue weighted by atomic mass is 10.2. The summed E-state index contributed by atoms with van der Waals surface area (Å²) in [6, 6.07) is 6.51. The summed E-state index contributed by atoms with van der Waals surface area (Å²) in [5.41, 5.74) is 0.897. The van der Waals surface area contributed by atoms with Crippen LogP contribution < -0.4 is 5.32 Å². The van der Waals surface area contributed by atoms with E-state index < -0.39 is 0 Å². The molecule has 3 nitrogen and oxygen atoms in total. The van der Waals surface area contributed by atoms with Crippen LogP contribution >= 0.6 is 11.5 Å². The Bertz CT molecular complexity index is 470. The van der Waals surface area contributed by atoms with E-state index in [9.17, 15) is 4.39 Å². The van der Waals surface area contributed by atoms with Gasteiger partial charge in [0.25, 0.3) is 0 Å². The van der Waals surface area contributed by atoms with Crippen molar-refractivity contribution < 1.29 is 4.39 Å². The zero-order valence-electron chi connectivity index (χ0n) is 8.90. The number of nitrogens with one attached hydrogen (secondary N) is 1. The van der Waals surface area contributed by atoms with Gasteiger partial charge in [0, 0.05) is 24.5 Å². The molecule has 84 valence electrons. The van der Waals surface area contributed by atoms with Gasteiger partial charge in [0.15, 0.2) is 0 Å². The first-order valence-electron chi connectivity index (χ1n) is 5.09. The molecule has 0 amide bonds. The molecule has 0 unspecified atom stereocenters. The van der Waals surface area contributed by atoms with Crippen molar-refractivity contribution in [3.63, 3.8) is 0 Å². The average Bonchev–Trinajstić information content (AvgIpc) is 2.74. The van der Waals surface area contributed by atoms with Gasteiger partial charge in [-0.05, 0) is 17.7 Å². The van der Waals surface area contributed by atoms with Crippen molar-refractivity contribution in [1.29, 1.82) is 0 Å². The van der Waals surface area contributed by atoms with Gasteiger partial charge in [-0.3, -0.25) is 0 Å². The molecule has 0 atom stereocenters. The molecule has 0 bridgehead atoms. The number of aryl methyl sites for hydroxylation is 1. The van der Waals surface area contributed by atoms with E-state index in [2.05, 4.69) is 14.7 Å². The van der Waals surface area contributed by atoms with E-state index in [0.717, 1.165) is 22.9 Å². The van der Waals surface area contributed by atoms with Gasteiger partial charge in [0.05, 0.1) is 0 Å². The molecule has 0 aliphatic heterocycles. The summed E-state index contributed by atoms with van der Waals surface area (Å²) in [4.78, 5) is 4.27. The zero-order valence-corrected chi connectivity index (χ0v) is 9.72. The smallest absolute Gasteiger partial charge is 0.202 e. The minimum atomic E-state index is -0.217. The number of hydrogen-bond donors (Lipinski definition) is 1. The number of benzene rings is 1. The normalized spacial score (nSPS) is 10.4. The molecular formula is C11H12FN3S. The molecule has 0 saturated heterocycles. The maximum Gasteiger partial charge on any atom is 0.202 e. The van der Waals surface area contributed by atoms with Gasteiger partial charge >= 0.3 is 0 Å². The third-order valence-corrected chi connectivity index (χ3v) is 2.83. The molecule has 1 aromatic heterocycles. The van der Waals surface area contributed by atoms with E-state index in [0.29, 0.717) is 6.54 Å². The fourth-order valence-electron chi connectivity index (χ4n) is 1.29. The first-order valence-corrected chi connectivity index (χ1v) is 5.86. The minimum Gasteiger partial charge on any atom is -0.356 e. The van der Waals surface area contributed by atoms with Gasteiger partial charge in [0.1, 0.15) is 11.6 Å². The second kappa shape index (κ2) is 5.03. The van der Waals surface area contributed by atoms with Crippen molar-refractivity contribution in [2.75, 3.05) is 5.32 Å². The van der Waals surface area contributed by atoms with E-state index in [1.165, 1.54) is 23.7 Å². The fourth-order valence-corrected chi connectivity index (χ4v) is 1.94. The molecule has 0 fully saturated rings. The van der Waals surface area contributed by atoms with Crippen molar-refractivity contribution in [1.82, 2.24) is 9.36 Å². The summed E-state index contributed by atoms with van der Waals surface area (Å²) in [6.45, 7) is 2.58. The maximum atomic E-state index is 12.9. The Hall–Kier alpha value is -1.49. The number of nitrogens with zero attached hydrogens (tertiary/aromatic N) is 2. The van der Waals surface area contributed by atoms with Crippen LogP contribution in [-0.2, 0) is 13.0 Å². The Balaban J connectivity index is 1.96. The molecule has 0 spiro atoms. The van der Waals surface area contributed by atoms with Crippen molar-refractivity contribution in [3.05, 3.63) is 41.5 Å². The highest BCUT2D eigenvalue weighted by molar-refractivity contribution is 7.09. The van der Waals surface area contributed by atoms with Crippen LogP contribution in [0, 0.1) is 5.82 Å². The largest absolute Gasteiger partial charge is 0.356 e. The Morgan fingerprint density at radius 2 is 2.31 bits per heavy atom. The molecule has 2 aromatic rings. The van der Waals surface area contributed by atoms with Crippen molar-refractivity contribution >= 4 is 16.7 Å². The van der Waals surface area contributed by atoms with Gasteiger partial charge in [-0.1, -0.05) is 19.1 Å². The van der Waals surface area contributed by atoms with Crippen LogP contribution in [0.3, 0.4) is 0 Å². The van der Waals surface area contributed by atoms with Crippen LogP contribution in [0.15, 0.2) is 24.3 Å². The molecule has 1 heterocycles. The van der Waals surface area contributed by atoms with E-state index in [-0.39, 0.29) is 5.82 Å². The lowest BCUT2D eigenvalue weighted by Crippen LogP contribution is -1.99. The maximum absolute atomic E-state index is 12.9. The van der Waals surface area contributed by atoms with Crippen LogP contribution in [0.25, 0.3) is 0 Å². The second-order valence-corrected chi connectivity index (χ2v) is 4.10. The SMILES string of the molecule is CCc1nsc(NCc2cccc(F)c2)n1. The van der Waals surface area contributed by atoms with Crippen LogP contribution in [0.5, 0.6) is 0 Å². The van der Waals surface area contributed by atoms with E-state index in [1.807, 2.05) is 13.0 Å². The molecular weight excluding hydrogens is 225 g/mol. The molecule has 0 aliphatic carbocycles. The first-order chi connectivity index (χ1) is 7.78. The summed E-state index contributed by atoms with van der Waals surface area (Å²) < 4.78 is 17.1. The third kappa shape index (κ3) is 2.76. The predicted molar refractivity (Wildman–Crippen MR) is 63.0 cm³/mol. The van der Waals surface area contributed by atoms with Crippen LogP contribution in [0.4, 0.5) is 9.52 Å². The summed E-state index contributed by atoms with van der Waals surface area (Å²) in [7, 11) is 0. The molecule has 5 heteroatoms. The summed E-state index contributed by atoms with van der Waals surface area (Å²) in [6.07, 6.45) is 0.831. The highest BCUT2D eigenvalue weighted by atomic mass is 32.1. The van der Waals surface area contributed by atoms with Gasteiger partial charge in [-0.15, -0.1) is 0 Å². The average molecular weight is 237 g/mol. The van der Waals surface area contributed by atoms with Crippen LogP contribution in [-0.4, -0.2) is 9.36 Å². The first kappa shape index (κ1) is 11.0. The van der Waals surface area contributed by atoms with E-state index >= 15 is 0 Å². The van der Waals surface area contributed by atoms with Crippen molar-refractivity contribution in [2.24, 2.45) is 0 Å². The fraction of sp³-hybridized carbons (Fsp3) is 0.273. The highest BCUT2D eigenvalue weighted by Crippen LogP contribution is 2.13. The molecule has 0 aliphatic rings. The van der Waals surface area contributed by atoms with E-state index in [4.69, 9.17) is 0 Å². The van der Waals surface area contributed by atoms with Gasteiger partial charge < -0.3 is 5.32 Å². The standard InChI is InChI=1S/C11H12FN3S/c1-2-10-14-11(16-15-10)13-7-8-4-3-5-9(12)6-8/h3-6H,2,7H2,1H3,(H,13,14,15). The van der Waals surface area contributed by atoms with Crippen LogP contribution in [0.2, 0.25) is 0 Å². The third-order valence-electron chi connectivity index (χ3n) is 2.12. The number of anilines is 1. The van der Waals surface area contributed by atoms with Crippen molar-refractivity contribution in [2.45, 2.75) is 19.9 Å². The van der Waals surface area contributed by atoms with Gasteiger partial charge in [-0.2, -0.15) is 4.37 Å². The number of hydrogen-bond acceptors (Lipinski definition) is 4. The molecule has 16 heavy (non-hydrogen) atoms. The molecule has 1 N–H and O–H groups in total. The monoisotopic (exact) mass is 237 g/mol. The lowest BCUT2D eigenvalue weighted by molar-refractivity contribution is 0.626. The van der Waals surface area contributed by atoms with Crippen molar-refractivity contribution in [3.8, 4) is 0 Å². The molecule has 0 saturated carbocycles. The molecule has 2 rings (SSSR count). The quantitative estimate of drug-likeness (QED) is 0.888. The number of aromatic nitrogens is 2. The zero-order chi connectivity index (χ0) is 11.4. The lowest BCUT2D eigenvalue weighted by Gasteiger charge is -2.01. The van der Waals surface area contributed by atoms with Crippen LogP contribution in [0.1, 0.15) is 18.3 Å². The second-order valence-electron chi connectivity index (χ2n) is 3.35. The minimum absolute atomic E-state index is 0.217. The Labute approximate surface area is 97.5 Å². The summed E-state index contributed by atoms with van der Waals surface area (Å²) in [5, 5.41) is 3.90. The molecule has 0 radical (unpaired) electrons. The Morgan fingerprint density at radius 1 is 1.44 bits per heavy atom. The van der Waals surface area contributed by atoms with E-state index in [1.54, 1.807) is 6.07 Å². The highest BCUT2D eigenvalue weighted by Gasteiger charge is 2.01. The van der Waals surface area contributed by atoms with Gasteiger partial charge in [0.2, 0.25) is 5.13 Å². The Morgan fingerprint density at radius 3 is 3.00 bits per heavy atom. The molecule has 1 aromatic carbocycles. The predicted octanol–water partition coefficient (Wildman–Crippen LogP) is 2.85. The number of rotatable bonds is 4. The summed E-state index contributed by atoms with van der Waals surface area (Å²) in [5.74, 6) is 0.623. The topological polar surface area (TPSA) is 37.8 Å².